The Morgan fingerprint density at radius 1 is 0.980 bits per heavy atom. The smallest absolute Gasteiger partial charge is 0.433 e. The van der Waals surface area contributed by atoms with Crippen molar-refractivity contribution in [2.45, 2.75) is 43.4 Å². The number of benzene rings is 2. The predicted molar refractivity (Wildman–Crippen MR) is 184 cm³/mol. The van der Waals surface area contributed by atoms with E-state index in [1.807, 2.05) is 24.3 Å². The molecule has 1 aliphatic heterocycles. The van der Waals surface area contributed by atoms with Gasteiger partial charge in [0.2, 0.25) is 11.8 Å². The van der Waals surface area contributed by atoms with Gasteiger partial charge in [-0.15, -0.1) is 10.2 Å². The summed E-state index contributed by atoms with van der Waals surface area (Å²) in [6, 6.07) is 19.1. The lowest BCUT2D eigenvalue weighted by Crippen LogP contribution is -2.56. The average molecular weight is 826 g/mol. The second-order valence-corrected chi connectivity index (χ2v) is 12.4. The van der Waals surface area contributed by atoms with Gasteiger partial charge in [-0.05, 0) is 96.1 Å². The van der Waals surface area contributed by atoms with E-state index in [0.29, 0.717) is 37.6 Å². The Labute approximate surface area is 304 Å². The summed E-state index contributed by atoms with van der Waals surface area (Å²) in [7, 11) is 0. The third-order valence-electron chi connectivity index (χ3n) is 7.50. The van der Waals surface area contributed by atoms with Gasteiger partial charge in [-0.25, -0.2) is 4.98 Å². The normalized spacial score (nSPS) is 18.9. The fourth-order valence-electron chi connectivity index (χ4n) is 4.82. The number of pyridine rings is 1. The first-order chi connectivity index (χ1) is 24.5. The van der Waals surface area contributed by atoms with Crippen molar-refractivity contribution in [3.63, 3.8) is 0 Å². The van der Waals surface area contributed by atoms with Gasteiger partial charge < -0.3 is 44.9 Å². The number of carbonyl (C=O) groups excluding carboxylic acids is 1. The molecular weight excluding hydrogens is 790 g/mol. The van der Waals surface area contributed by atoms with Crippen LogP contribution in [-0.4, -0.2) is 88.6 Å². The highest BCUT2D eigenvalue weighted by Crippen LogP contribution is 2.30. The molecule has 4 atom stereocenters. The molecule has 5 rings (SSSR count). The van der Waals surface area contributed by atoms with E-state index in [-0.39, 0.29) is 30.7 Å². The highest BCUT2D eigenvalue weighted by Gasteiger charge is 2.41. The molecule has 0 unspecified atom stereocenters. The molecule has 2 aromatic carbocycles. The van der Waals surface area contributed by atoms with Crippen molar-refractivity contribution in [2.75, 3.05) is 32.9 Å². The van der Waals surface area contributed by atoms with E-state index in [1.54, 1.807) is 12.1 Å². The Morgan fingerprint density at radius 3 is 2.47 bits per heavy atom. The van der Waals surface area contributed by atoms with E-state index in [4.69, 9.17) is 29.4 Å². The summed E-state index contributed by atoms with van der Waals surface area (Å²) < 4.78 is 67.9. The lowest BCUT2D eigenvalue weighted by atomic mass is 10.0. The number of aromatic nitrogens is 3. The average Bonchev–Trinajstić information content (AvgIpc) is 3.11. The van der Waals surface area contributed by atoms with Gasteiger partial charge in [0.1, 0.15) is 47.9 Å². The van der Waals surface area contributed by atoms with Gasteiger partial charge in [0.15, 0.2) is 11.8 Å². The number of rotatable bonds is 15. The summed E-state index contributed by atoms with van der Waals surface area (Å²) in [6.45, 7) is 0.772. The van der Waals surface area contributed by atoms with Crippen molar-refractivity contribution in [1.29, 1.82) is 0 Å². The standard InChI is InChI=1S/C34H35F3IN5O8/c35-34(36,37)28-3-1-4-29(41-28)51-27-19-48-26(31(44)32(27)45)18-49-30-12-10-24(42-43-30)33(46)40-15-2-16-47-21-6-8-22(9-7-21)50-25-11-5-20(13-14-39)17-23(25)38/h1,3-12,17,26-27,31-32,44-45H,2,13-16,18-19,39H2,(H,40,46)/t26-,27+,31+,32-/m1/s1. The highest BCUT2D eigenvalue weighted by atomic mass is 127. The third kappa shape index (κ3) is 10.8. The van der Waals surface area contributed by atoms with Gasteiger partial charge in [-0.3, -0.25) is 4.79 Å². The van der Waals surface area contributed by atoms with Crippen LogP contribution in [0.15, 0.2) is 72.8 Å². The Kier molecular flexibility index (Phi) is 13.2. The first-order valence-electron chi connectivity index (χ1n) is 15.8. The van der Waals surface area contributed by atoms with Crippen LogP contribution < -0.4 is 30.0 Å². The second kappa shape index (κ2) is 17.8. The maximum atomic E-state index is 12.9. The summed E-state index contributed by atoms with van der Waals surface area (Å²) in [5, 5.41) is 31.5. The van der Waals surface area contributed by atoms with E-state index in [0.717, 1.165) is 33.4 Å². The van der Waals surface area contributed by atoms with Gasteiger partial charge in [0.25, 0.3) is 5.91 Å². The van der Waals surface area contributed by atoms with Gasteiger partial charge in [-0.2, -0.15) is 13.2 Å². The number of alkyl halides is 3. The van der Waals surface area contributed by atoms with Crippen LogP contribution in [0.1, 0.15) is 28.2 Å². The van der Waals surface area contributed by atoms with Gasteiger partial charge in [0, 0.05) is 18.7 Å². The van der Waals surface area contributed by atoms with Crippen molar-refractivity contribution < 1.29 is 51.9 Å². The van der Waals surface area contributed by atoms with Crippen LogP contribution in [-0.2, 0) is 17.3 Å². The zero-order chi connectivity index (χ0) is 36.4. The second-order valence-electron chi connectivity index (χ2n) is 11.3. The molecule has 3 heterocycles. The maximum absolute atomic E-state index is 12.9. The number of amides is 1. The summed E-state index contributed by atoms with van der Waals surface area (Å²) in [5.74, 6) is 1.29. The first kappa shape index (κ1) is 37.9. The molecule has 0 aliphatic carbocycles. The largest absolute Gasteiger partial charge is 0.494 e. The number of hydrogen-bond donors (Lipinski definition) is 4. The van der Waals surface area contributed by atoms with Crippen molar-refractivity contribution >= 4 is 28.5 Å². The van der Waals surface area contributed by atoms with Gasteiger partial charge in [-0.1, -0.05) is 12.1 Å². The Hall–Kier alpha value is -4.30. The van der Waals surface area contributed by atoms with Crippen LogP contribution in [0.25, 0.3) is 0 Å². The summed E-state index contributed by atoms with van der Waals surface area (Å²) >= 11 is 2.23. The monoisotopic (exact) mass is 825 g/mol. The van der Waals surface area contributed by atoms with Gasteiger partial charge >= 0.3 is 6.18 Å². The van der Waals surface area contributed by atoms with Crippen LogP contribution in [0.3, 0.4) is 0 Å². The van der Waals surface area contributed by atoms with Crippen molar-refractivity contribution in [3.05, 3.63) is 93.3 Å². The minimum atomic E-state index is -4.67. The number of hydrogen-bond acceptors (Lipinski definition) is 12. The molecular formula is C34H35F3IN5O8. The fourth-order valence-corrected chi connectivity index (χ4v) is 5.51. The van der Waals surface area contributed by atoms with Crippen molar-refractivity contribution in [3.8, 4) is 29.0 Å². The van der Waals surface area contributed by atoms with E-state index in [9.17, 15) is 28.2 Å². The lowest BCUT2D eigenvalue weighted by molar-refractivity contribution is -0.187. The molecule has 1 fully saturated rings. The molecule has 51 heavy (non-hydrogen) atoms. The van der Waals surface area contributed by atoms with Crippen LogP contribution in [0.4, 0.5) is 13.2 Å². The molecule has 2 aromatic heterocycles. The molecule has 272 valence electrons. The van der Waals surface area contributed by atoms with E-state index in [1.165, 1.54) is 18.2 Å². The zero-order valence-electron chi connectivity index (χ0n) is 27.0. The van der Waals surface area contributed by atoms with Crippen LogP contribution in [0, 0.1) is 3.57 Å². The molecule has 1 aliphatic rings. The SMILES string of the molecule is NCCc1ccc(Oc2ccc(OCCCNC(=O)c3ccc(OC[C@H]4OC[C@H](Oc5cccc(C(F)(F)F)n5)[C@@H](O)[C@H]4O)nn3)cc2)c(I)c1. The first-order valence-corrected chi connectivity index (χ1v) is 16.9. The Morgan fingerprint density at radius 2 is 1.76 bits per heavy atom. The number of nitrogens with zero attached hydrogens (tertiary/aromatic N) is 3. The quantitative estimate of drug-likeness (QED) is 0.100. The zero-order valence-corrected chi connectivity index (χ0v) is 29.1. The number of halogens is 4. The van der Waals surface area contributed by atoms with E-state index < -0.39 is 42.2 Å². The van der Waals surface area contributed by atoms with Crippen molar-refractivity contribution in [2.24, 2.45) is 5.73 Å². The minimum Gasteiger partial charge on any atom is -0.494 e. The topological polar surface area (TPSA) is 180 Å². The van der Waals surface area contributed by atoms with E-state index in [2.05, 4.69) is 49.2 Å². The third-order valence-corrected chi connectivity index (χ3v) is 8.34. The molecule has 1 amide bonds. The maximum Gasteiger partial charge on any atom is 0.433 e. The number of nitrogens with two attached hydrogens (primary N) is 1. The molecule has 5 N–H and O–H groups in total. The molecule has 1 saturated heterocycles. The van der Waals surface area contributed by atoms with Crippen molar-refractivity contribution in [1.82, 2.24) is 20.5 Å². The van der Waals surface area contributed by atoms with Crippen LogP contribution >= 0.6 is 22.6 Å². The molecule has 17 heteroatoms. The number of aliphatic hydroxyl groups excluding tert-OH is 2. The number of nitrogens with one attached hydrogen (secondary N) is 1. The number of ether oxygens (including phenoxy) is 5. The molecule has 0 bridgehead atoms. The van der Waals surface area contributed by atoms with Gasteiger partial charge in [0.05, 0.1) is 16.8 Å². The summed E-state index contributed by atoms with van der Waals surface area (Å²) in [5.41, 5.74) is 5.68. The lowest BCUT2D eigenvalue weighted by Gasteiger charge is -2.37. The number of carbonyl (C=O) groups is 1. The highest BCUT2D eigenvalue weighted by molar-refractivity contribution is 14.1. The number of aliphatic hydroxyl groups is 2. The predicted octanol–water partition coefficient (Wildman–Crippen LogP) is 3.93. The fraction of sp³-hybridized carbons (Fsp3) is 0.353. The molecule has 4 aromatic rings. The van der Waals surface area contributed by atoms with Crippen LogP contribution in [0.2, 0.25) is 0 Å². The molecule has 13 nitrogen and oxygen atoms in total. The minimum absolute atomic E-state index is 0.0309. The summed E-state index contributed by atoms with van der Waals surface area (Å²) in [6.07, 6.45) is -8.53. The molecule has 0 radical (unpaired) electrons. The Balaban J connectivity index is 0.986. The molecule has 0 saturated carbocycles. The summed E-state index contributed by atoms with van der Waals surface area (Å²) in [4.78, 5) is 15.9. The van der Waals surface area contributed by atoms with E-state index >= 15 is 0 Å². The van der Waals surface area contributed by atoms with Crippen LogP contribution in [0.5, 0.6) is 29.0 Å². The molecule has 0 spiro atoms. The Bertz CT molecular complexity index is 1740.